The zero-order valence-corrected chi connectivity index (χ0v) is 18.6. The molecule has 0 bridgehead atoms. The van der Waals surface area contributed by atoms with E-state index >= 15 is 0 Å². The van der Waals surface area contributed by atoms with Gasteiger partial charge in [0, 0.05) is 19.3 Å². The highest BCUT2D eigenvalue weighted by Crippen LogP contribution is 2.21. The van der Waals surface area contributed by atoms with E-state index in [4.69, 9.17) is 10.5 Å². The van der Waals surface area contributed by atoms with Crippen LogP contribution in [0.5, 0.6) is 5.75 Å². The van der Waals surface area contributed by atoms with Crippen molar-refractivity contribution in [2.75, 3.05) is 27.2 Å². The van der Waals surface area contributed by atoms with E-state index in [-0.39, 0.29) is 30.5 Å². The average Bonchev–Trinajstić information content (AvgIpc) is 3.08. The van der Waals surface area contributed by atoms with Crippen molar-refractivity contribution in [3.05, 3.63) is 48.0 Å². The van der Waals surface area contributed by atoms with Gasteiger partial charge >= 0.3 is 0 Å². The maximum absolute atomic E-state index is 11.1. The predicted octanol–water partition coefficient (Wildman–Crippen LogP) is 2.54. The number of aryl methyl sites for hydroxylation is 1. The molecule has 0 aliphatic heterocycles. The van der Waals surface area contributed by atoms with Crippen molar-refractivity contribution >= 4 is 30.7 Å². The lowest BCUT2D eigenvalue weighted by Gasteiger charge is -2.14. The van der Waals surface area contributed by atoms with Gasteiger partial charge in [-0.05, 0) is 51.4 Å². The zero-order valence-electron chi connectivity index (χ0n) is 17.0. The van der Waals surface area contributed by atoms with E-state index in [2.05, 4.69) is 30.0 Å². The SMILES string of the molecule is CN(C)CCCOc1ccccc1CCCC(O)Cn1cnc(C(N)=O)c1.Cl.Cl. The van der Waals surface area contributed by atoms with Crippen molar-refractivity contribution in [3.8, 4) is 5.75 Å². The van der Waals surface area contributed by atoms with Gasteiger partial charge in [0.25, 0.3) is 5.91 Å². The van der Waals surface area contributed by atoms with Crippen LogP contribution in [0.4, 0.5) is 0 Å². The van der Waals surface area contributed by atoms with Crippen LogP contribution in [-0.2, 0) is 13.0 Å². The second-order valence-electron chi connectivity index (χ2n) is 6.98. The smallest absolute Gasteiger partial charge is 0.268 e. The fourth-order valence-electron chi connectivity index (χ4n) is 2.86. The van der Waals surface area contributed by atoms with Gasteiger partial charge in [-0.2, -0.15) is 0 Å². The number of ether oxygens (including phenoxy) is 1. The van der Waals surface area contributed by atoms with Crippen LogP contribution in [0.1, 0.15) is 35.3 Å². The van der Waals surface area contributed by atoms with Crippen LogP contribution in [0.2, 0.25) is 0 Å². The quantitative estimate of drug-likeness (QED) is 0.488. The van der Waals surface area contributed by atoms with Crippen molar-refractivity contribution in [3.63, 3.8) is 0 Å². The Hall–Kier alpha value is -1.80. The largest absolute Gasteiger partial charge is 0.493 e. The summed E-state index contributed by atoms with van der Waals surface area (Å²) in [5.41, 5.74) is 6.55. The summed E-state index contributed by atoms with van der Waals surface area (Å²) < 4.78 is 7.61. The number of carbonyl (C=O) groups excluding carboxylic acids is 1. The van der Waals surface area contributed by atoms with Crippen molar-refractivity contribution in [2.24, 2.45) is 5.73 Å². The van der Waals surface area contributed by atoms with Gasteiger partial charge < -0.3 is 25.0 Å². The number of aliphatic hydroxyl groups excluding tert-OH is 1. The lowest BCUT2D eigenvalue weighted by molar-refractivity contribution is 0.0995. The summed E-state index contributed by atoms with van der Waals surface area (Å²) in [7, 11) is 4.11. The Morgan fingerprint density at radius 2 is 2.00 bits per heavy atom. The molecule has 1 aromatic carbocycles. The Labute approximate surface area is 185 Å². The first kappa shape index (κ1) is 27.2. The van der Waals surface area contributed by atoms with Crippen molar-refractivity contribution < 1.29 is 14.6 Å². The normalized spacial score (nSPS) is 11.4. The topological polar surface area (TPSA) is 93.6 Å². The number of hydrogen-bond donors (Lipinski definition) is 2. The minimum absolute atomic E-state index is 0. The van der Waals surface area contributed by atoms with Gasteiger partial charge in [-0.15, -0.1) is 24.8 Å². The van der Waals surface area contributed by atoms with Crippen LogP contribution in [0.25, 0.3) is 0 Å². The first-order chi connectivity index (χ1) is 13.0. The number of nitrogens with two attached hydrogens (primary N) is 1. The Kier molecular flexibility index (Phi) is 13.3. The molecule has 9 heteroatoms. The molecule has 2 rings (SSSR count). The number of imidazole rings is 1. The highest BCUT2D eigenvalue weighted by Gasteiger charge is 2.10. The number of amides is 1. The molecule has 1 amide bonds. The first-order valence-corrected chi connectivity index (χ1v) is 9.30. The minimum atomic E-state index is -0.564. The van der Waals surface area contributed by atoms with Crippen molar-refractivity contribution in [1.82, 2.24) is 14.5 Å². The molecule has 3 N–H and O–H groups in total. The monoisotopic (exact) mass is 446 g/mol. The number of rotatable bonds is 12. The molecule has 7 nitrogen and oxygen atoms in total. The minimum Gasteiger partial charge on any atom is -0.493 e. The Balaban J connectivity index is 0.00000392. The van der Waals surface area contributed by atoms with Crippen LogP contribution >= 0.6 is 24.8 Å². The lowest BCUT2D eigenvalue weighted by atomic mass is 10.0. The summed E-state index contributed by atoms with van der Waals surface area (Å²) >= 11 is 0. The van der Waals surface area contributed by atoms with Gasteiger partial charge in [0.1, 0.15) is 11.4 Å². The van der Waals surface area contributed by atoms with Crippen LogP contribution in [0.15, 0.2) is 36.8 Å². The molecule has 29 heavy (non-hydrogen) atoms. The van der Waals surface area contributed by atoms with Gasteiger partial charge in [-0.25, -0.2) is 4.98 Å². The van der Waals surface area contributed by atoms with Gasteiger partial charge in [-0.1, -0.05) is 18.2 Å². The van der Waals surface area contributed by atoms with Crippen LogP contribution in [0.3, 0.4) is 0 Å². The van der Waals surface area contributed by atoms with Gasteiger partial charge in [-0.3, -0.25) is 4.79 Å². The third kappa shape index (κ3) is 9.99. The zero-order chi connectivity index (χ0) is 19.6. The van der Waals surface area contributed by atoms with E-state index in [0.29, 0.717) is 19.6 Å². The van der Waals surface area contributed by atoms with Gasteiger partial charge in [0.15, 0.2) is 0 Å². The number of aromatic nitrogens is 2. The summed E-state index contributed by atoms with van der Waals surface area (Å²) in [5, 5.41) is 10.2. The number of aliphatic hydroxyl groups is 1. The maximum Gasteiger partial charge on any atom is 0.268 e. The Morgan fingerprint density at radius 1 is 1.28 bits per heavy atom. The van der Waals surface area contributed by atoms with Gasteiger partial charge in [0.2, 0.25) is 0 Å². The number of para-hydroxylation sites is 1. The van der Waals surface area contributed by atoms with Crippen LogP contribution in [-0.4, -0.2) is 58.8 Å². The second kappa shape index (κ2) is 14.2. The molecule has 2 aromatic rings. The highest BCUT2D eigenvalue weighted by molar-refractivity contribution is 5.90. The Bertz CT molecular complexity index is 725. The molecule has 1 heterocycles. The summed E-state index contributed by atoms with van der Waals surface area (Å²) in [4.78, 5) is 17.1. The van der Waals surface area contributed by atoms with Crippen LogP contribution in [0, 0.1) is 0 Å². The molecule has 0 aliphatic rings. The van der Waals surface area contributed by atoms with Crippen LogP contribution < -0.4 is 10.5 Å². The summed E-state index contributed by atoms with van der Waals surface area (Å²) in [6.07, 6.45) is 5.89. The molecule has 0 radical (unpaired) electrons. The van der Waals surface area contributed by atoms with E-state index in [0.717, 1.165) is 37.1 Å². The summed E-state index contributed by atoms with van der Waals surface area (Å²) in [5.74, 6) is 0.358. The molecule has 0 spiro atoms. The van der Waals surface area contributed by atoms with Crippen molar-refractivity contribution in [2.45, 2.75) is 38.3 Å². The number of nitrogens with zero attached hydrogens (tertiary/aromatic N) is 3. The number of halogens is 2. The third-order valence-corrected chi connectivity index (χ3v) is 4.27. The number of benzene rings is 1. The average molecular weight is 447 g/mol. The molecule has 0 saturated heterocycles. The third-order valence-electron chi connectivity index (χ3n) is 4.27. The predicted molar refractivity (Wildman–Crippen MR) is 119 cm³/mol. The summed E-state index contributed by atoms with van der Waals surface area (Å²) in [6, 6.07) is 8.06. The molecule has 0 fully saturated rings. The van der Waals surface area contributed by atoms with E-state index in [1.807, 2.05) is 18.2 Å². The summed E-state index contributed by atoms with van der Waals surface area (Å²) in [6.45, 7) is 2.09. The Morgan fingerprint density at radius 3 is 2.66 bits per heavy atom. The number of hydrogen-bond acceptors (Lipinski definition) is 5. The molecular weight excluding hydrogens is 415 g/mol. The second-order valence-corrected chi connectivity index (χ2v) is 6.98. The standard InChI is InChI=1S/C20H30N4O3.2ClH/c1-23(2)11-6-12-27-19-10-4-3-7-16(19)8-5-9-17(25)13-24-14-18(20(21)26)22-15-24;;/h3-4,7,10,14-15,17,25H,5-6,8-9,11-13H2,1-2H3,(H2,21,26);2*1H. The molecular formula is C20H32Cl2N4O3. The molecule has 1 unspecified atom stereocenters. The molecule has 164 valence electrons. The first-order valence-electron chi connectivity index (χ1n) is 9.30. The van der Waals surface area contributed by atoms with Gasteiger partial charge in [0.05, 0.1) is 19.0 Å². The maximum atomic E-state index is 11.1. The fraction of sp³-hybridized carbons (Fsp3) is 0.500. The number of primary amides is 1. The molecule has 0 aliphatic carbocycles. The highest BCUT2D eigenvalue weighted by atomic mass is 35.5. The van der Waals surface area contributed by atoms with E-state index in [1.165, 1.54) is 6.33 Å². The fourth-order valence-corrected chi connectivity index (χ4v) is 2.86. The molecule has 1 atom stereocenters. The number of carbonyl (C=O) groups is 1. The molecule has 1 aromatic heterocycles. The van der Waals surface area contributed by atoms with E-state index in [1.54, 1.807) is 10.8 Å². The molecule has 0 saturated carbocycles. The van der Waals surface area contributed by atoms with E-state index < -0.39 is 12.0 Å². The lowest BCUT2D eigenvalue weighted by Crippen LogP contribution is -2.16. The van der Waals surface area contributed by atoms with Crippen molar-refractivity contribution in [1.29, 1.82) is 0 Å². The van der Waals surface area contributed by atoms with E-state index in [9.17, 15) is 9.90 Å².